The van der Waals surface area contributed by atoms with E-state index in [1.807, 2.05) is 39.0 Å². The fraction of sp³-hybridized carbons (Fsp3) is 0.400. The minimum absolute atomic E-state index is 0.0118. The number of benzene rings is 1. The Morgan fingerprint density at radius 2 is 1.91 bits per heavy atom. The van der Waals surface area contributed by atoms with Crippen LogP contribution >= 0.6 is 34.9 Å². The van der Waals surface area contributed by atoms with Gasteiger partial charge in [0.2, 0.25) is 5.91 Å². The molecule has 1 heterocycles. The molecule has 0 saturated carbocycles. The number of aromatic nitrogens is 2. The first-order valence-electron chi connectivity index (χ1n) is 7.01. The molecule has 0 spiro atoms. The lowest BCUT2D eigenvalue weighted by molar-refractivity contribution is -0.115. The standard InChI is InChI=1S/C15H19N3OS3/c1-5-20-14-17-18-15(22-14)21-11(4)13(19)16-12-9(2)7-6-8-10(12)3/h6-8,11H,5H2,1-4H3,(H,16,19). The molecule has 118 valence electrons. The summed E-state index contributed by atoms with van der Waals surface area (Å²) in [5.74, 6) is 0.962. The summed E-state index contributed by atoms with van der Waals surface area (Å²) >= 11 is 4.66. The first kappa shape index (κ1) is 17.3. The topological polar surface area (TPSA) is 54.9 Å². The Balaban J connectivity index is 1.99. The maximum Gasteiger partial charge on any atom is 0.237 e. The van der Waals surface area contributed by atoms with Crippen molar-refractivity contribution < 1.29 is 4.79 Å². The molecule has 0 radical (unpaired) electrons. The number of thioether (sulfide) groups is 2. The molecule has 1 amide bonds. The number of aryl methyl sites for hydroxylation is 2. The Bertz CT molecular complexity index is 637. The first-order chi connectivity index (χ1) is 10.5. The van der Waals surface area contributed by atoms with Crippen LogP contribution in [-0.4, -0.2) is 27.1 Å². The second-order valence-corrected chi connectivity index (χ2v) is 8.86. The molecule has 7 heteroatoms. The zero-order valence-electron chi connectivity index (χ0n) is 13.0. The Labute approximate surface area is 143 Å². The molecule has 0 fully saturated rings. The van der Waals surface area contributed by atoms with Gasteiger partial charge in [0.25, 0.3) is 0 Å². The molecule has 4 nitrogen and oxygen atoms in total. The maximum atomic E-state index is 12.4. The summed E-state index contributed by atoms with van der Waals surface area (Å²) in [5.41, 5.74) is 3.05. The zero-order valence-corrected chi connectivity index (χ0v) is 15.5. The van der Waals surface area contributed by atoms with E-state index in [1.54, 1.807) is 11.8 Å². The summed E-state index contributed by atoms with van der Waals surface area (Å²) in [6.45, 7) is 7.97. The van der Waals surface area contributed by atoms with Crippen molar-refractivity contribution >= 4 is 46.5 Å². The third-order valence-electron chi connectivity index (χ3n) is 3.03. The van der Waals surface area contributed by atoms with Crippen molar-refractivity contribution in [3.05, 3.63) is 29.3 Å². The normalized spacial score (nSPS) is 12.2. The third-order valence-corrected chi connectivity index (χ3v) is 6.15. The number of carbonyl (C=O) groups is 1. The Morgan fingerprint density at radius 1 is 1.27 bits per heavy atom. The Kier molecular flexibility index (Phi) is 6.28. The molecule has 2 rings (SSSR count). The van der Waals surface area contributed by atoms with E-state index in [2.05, 4.69) is 22.4 Å². The molecule has 0 bridgehead atoms. The lowest BCUT2D eigenvalue weighted by Crippen LogP contribution is -2.23. The van der Waals surface area contributed by atoms with Gasteiger partial charge >= 0.3 is 0 Å². The number of rotatable bonds is 6. The van der Waals surface area contributed by atoms with Crippen LogP contribution in [-0.2, 0) is 4.79 Å². The van der Waals surface area contributed by atoms with Crippen LogP contribution in [0.1, 0.15) is 25.0 Å². The number of hydrogen-bond acceptors (Lipinski definition) is 6. The molecule has 1 N–H and O–H groups in total. The molecule has 1 atom stereocenters. The minimum atomic E-state index is -0.216. The summed E-state index contributed by atoms with van der Waals surface area (Å²) in [6.07, 6.45) is 0. The van der Waals surface area contributed by atoms with Gasteiger partial charge in [-0.3, -0.25) is 4.79 Å². The summed E-state index contributed by atoms with van der Waals surface area (Å²) in [7, 11) is 0. The molecule has 22 heavy (non-hydrogen) atoms. The second kappa shape index (κ2) is 7.99. The highest BCUT2D eigenvalue weighted by Crippen LogP contribution is 2.31. The van der Waals surface area contributed by atoms with Gasteiger partial charge in [-0.15, -0.1) is 10.2 Å². The number of nitrogens with one attached hydrogen (secondary N) is 1. The van der Waals surface area contributed by atoms with Gasteiger partial charge in [0.05, 0.1) is 5.25 Å². The molecule has 0 saturated heterocycles. The van der Waals surface area contributed by atoms with E-state index < -0.39 is 0 Å². The molecular weight excluding hydrogens is 334 g/mol. The van der Waals surface area contributed by atoms with Crippen LogP contribution in [0, 0.1) is 13.8 Å². The van der Waals surface area contributed by atoms with E-state index in [-0.39, 0.29) is 11.2 Å². The SMILES string of the molecule is CCSc1nnc(SC(C)C(=O)Nc2c(C)cccc2C)s1. The summed E-state index contributed by atoms with van der Waals surface area (Å²) in [6, 6.07) is 5.99. The van der Waals surface area contributed by atoms with Crippen molar-refractivity contribution in [2.24, 2.45) is 0 Å². The van der Waals surface area contributed by atoms with Gasteiger partial charge < -0.3 is 5.32 Å². The van der Waals surface area contributed by atoms with Crippen molar-refractivity contribution in [1.29, 1.82) is 0 Å². The number of anilines is 1. The van der Waals surface area contributed by atoms with Gasteiger partial charge in [0.1, 0.15) is 0 Å². The lowest BCUT2D eigenvalue weighted by Gasteiger charge is -2.14. The fourth-order valence-corrected chi connectivity index (χ4v) is 4.93. The largest absolute Gasteiger partial charge is 0.325 e. The van der Waals surface area contributed by atoms with Crippen molar-refractivity contribution in [2.45, 2.75) is 41.6 Å². The van der Waals surface area contributed by atoms with Gasteiger partial charge in [0, 0.05) is 5.69 Å². The minimum Gasteiger partial charge on any atom is -0.325 e. The van der Waals surface area contributed by atoms with Crippen molar-refractivity contribution in [3.63, 3.8) is 0 Å². The maximum absolute atomic E-state index is 12.4. The molecule has 1 aromatic heterocycles. The third kappa shape index (κ3) is 4.47. The molecule has 2 aromatic rings. The monoisotopic (exact) mass is 353 g/mol. The first-order valence-corrected chi connectivity index (χ1v) is 9.69. The fourth-order valence-electron chi connectivity index (χ4n) is 1.87. The van der Waals surface area contributed by atoms with Gasteiger partial charge in [0.15, 0.2) is 8.68 Å². The molecule has 0 aliphatic rings. The second-order valence-electron chi connectivity index (χ2n) is 4.78. The van der Waals surface area contributed by atoms with Crippen LogP contribution in [0.5, 0.6) is 0 Å². The smallest absolute Gasteiger partial charge is 0.237 e. The lowest BCUT2D eigenvalue weighted by atomic mass is 10.1. The van der Waals surface area contributed by atoms with Crippen LogP contribution in [0.2, 0.25) is 0 Å². The number of para-hydroxylation sites is 1. The summed E-state index contributed by atoms with van der Waals surface area (Å²) < 4.78 is 1.78. The Morgan fingerprint density at radius 3 is 2.55 bits per heavy atom. The average Bonchev–Trinajstić information content (AvgIpc) is 2.90. The quantitative estimate of drug-likeness (QED) is 0.781. The van der Waals surface area contributed by atoms with Gasteiger partial charge in [-0.25, -0.2) is 0 Å². The van der Waals surface area contributed by atoms with Crippen molar-refractivity contribution in [1.82, 2.24) is 10.2 Å². The van der Waals surface area contributed by atoms with E-state index in [9.17, 15) is 4.79 Å². The number of amides is 1. The molecule has 1 aromatic carbocycles. The van der Waals surface area contributed by atoms with E-state index >= 15 is 0 Å². The van der Waals surface area contributed by atoms with E-state index in [1.165, 1.54) is 23.1 Å². The predicted molar refractivity (Wildman–Crippen MR) is 96.2 cm³/mol. The van der Waals surface area contributed by atoms with Crippen molar-refractivity contribution in [3.8, 4) is 0 Å². The molecule has 1 unspecified atom stereocenters. The van der Waals surface area contributed by atoms with Crippen LogP contribution < -0.4 is 5.32 Å². The van der Waals surface area contributed by atoms with E-state index in [0.717, 1.165) is 31.2 Å². The summed E-state index contributed by atoms with van der Waals surface area (Å²) in [5, 5.41) is 11.0. The molecule has 0 aliphatic heterocycles. The number of hydrogen-bond donors (Lipinski definition) is 1. The van der Waals surface area contributed by atoms with Gasteiger partial charge in [-0.05, 0) is 37.7 Å². The van der Waals surface area contributed by atoms with Crippen molar-refractivity contribution in [2.75, 3.05) is 11.1 Å². The number of carbonyl (C=O) groups excluding carboxylic acids is 1. The molecule has 0 aliphatic carbocycles. The van der Waals surface area contributed by atoms with Crippen LogP contribution in [0.25, 0.3) is 0 Å². The molecular formula is C15H19N3OS3. The van der Waals surface area contributed by atoms with Crippen LogP contribution in [0.15, 0.2) is 26.9 Å². The van der Waals surface area contributed by atoms with Gasteiger partial charge in [-0.1, -0.05) is 60.0 Å². The van der Waals surface area contributed by atoms with Gasteiger partial charge in [-0.2, -0.15) is 0 Å². The van der Waals surface area contributed by atoms with E-state index in [4.69, 9.17) is 0 Å². The highest BCUT2D eigenvalue weighted by atomic mass is 32.2. The Hall–Kier alpha value is -1.05. The average molecular weight is 354 g/mol. The van der Waals surface area contributed by atoms with Crippen LogP contribution in [0.4, 0.5) is 5.69 Å². The zero-order chi connectivity index (χ0) is 16.1. The highest BCUT2D eigenvalue weighted by Gasteiger charge is 2.18. The highest BCUT2D eigenvalue weighted by molar-refractivity contribution is 8.03. The van der Waals surface area contributed by atoms with Crippen LogP contribution in [0.3, 0.4) is 0 Å². The predicted octanol–water partition coefficient (Wildman–Crippen LogP) is 4.39. The van der Waals surface area contributed by atoms with E-state index in [0.29, 0.717) is 0 Å². The number of nitrogens with zero attached hydrogens (tertiary/aromatic N) is 2. The summed E-state index contributed by atoms with van der Waals surface area (Å²) in [4.78, 5) is 12.4.